The fourth-order valence-corrected chi connectivity index (χ4v) is 2.73. The fraction of sp³-hybridized carbons (Fsp3) is 0.176. The molecule has 1 aliphatic heterocycles. The smallest absolute Gasteiger partial charge is 0.319 e. The number of benzene rings is 2. The molecule has 0 radical (unpaired) electrons. The highest BCUT2D eigenvalue weighted by atomic mass is 19.1. The molecule has 7 nitrogen and oxygen atoms in total. The van der Waals surface area contributed by atoms with Crippen LogP contribution in [0.15, 0.2) is 48.5 Å². The number of hydrogen-bond donors (Lipinski definition) is 1. The van der Waals surface area contributed by atoms with E-state index < -0.39 is 28.2 Å². The van der Waals surface area contributed by atoms with Gasteiger partial charge in [0.15, 0.2) is 0 Å². The minimum absolute atomic E-state index is 0.00746. The number of hydrogen-bond acceptors (Lipinski definition) is 4. The lowest BCUT2D eigenvalue weighted by Gasteiger charge is -2.22. The molecule has 128 valence electrons. The quantitative estimate of drug-likeness (QED) is 0.525. The molecule has 0 aromatic heterocycles. The van der Waals surface area contributed by atoms with E-state index in [9.17, 15) is 24.1 Å². The largest absolute Gasteiger partial charge is 0.325 e. The van der Waals surface area contributed by atoms with Crippen LogP contribution in [0, 0.1) is 15.9 Å². The van der Waals surface area contributed by atoms with Crippen LogP contribution in [0.25, 0.3) is 0 Å². The highest BCUT2D eigenvalue weighted by Gasteiger charge is 2.48. The molecule has 3 rings (SSSR count). The average Bonchev–Trinajstić information content (AvgIpc) is 2.81. The highest BCUT2D eigenvalue weighted by Crippen LogP contribution is 2.30. The molecular weight excluding hydrogens is 329 g/mol. The van der Waals surface area contributed by atoms with Gasteiger partial charge in [-0.3, -0.25) is 19.8 Å². The van der Waals surface area contributed by atoms with Gasteiger partial charge in [-0.25, -0.2) is 9.18 Å². The summed E-state index contributed by atoms with van der Waals surface area (Å²) in [7, 11) is 0. The molecule has 2 aromatic rings. The van der Waals surface area contributed by atoms with Crippen LogP contribution < -0.4 is 5.32 Å². The minimum Gasteiger partial charge on any atom is -0.319 e. The number of nitrogens with one attached hydrogen (secondary N) is 1. The number of amides is 3. The first-order valence-electron chi connectivity index (χ1n) is 7.45. The van der Waals surface area contributed by atoms with Crippen LogP contribution in [0.2, 0.25) is 0 Å². The van der Waals surface area contributed by atoms with Crippen molar-refractivity contribution in [2.45, 2.75) is 19.0 Å². The first-order chi connectivity index (χ1) is 11.8. The van der Waals surface area contributed by atoms with E-state index in [4.69, 9.17) is 0 Å². The number of rotatable bonds is 4. The zero-order chi connectivity index (χ0) is 18.2. The Balaban J connectivity index is 1.86. The molecule has 0 spiro atoms. The van der Waals surface area contributed by atoms with Crippen molar-refractivity contribution in [3.63, 3.8) is 0 Å². The van der Waals surface area contributed by atoms with Gasteiger partial charge in [0, 0.05) is 12.1 Å². The third-order valence-corrected chi connectivity index (χ3v) is 4.18. The Morgan fingerprint density at radius 1 is 1.12 bits per heavy atom. The zero-order valence-electron chi connectivity index (χ0n) is 13.2. The Morgan fingerprint density at radius 2 is 1.72 bits per heavy atom. The summed E-state index contributed by atoms with van der Waals surface area (Å²) >= 11 is 0. The van der Waals surface area contributed by atoms with E-state index in [1.165, 1.54) is 48.5 Å². The van der Waals surface area contributed by atoms with Crippen molar-refractivity contribution in [3.8, 4) is 0 Å². The summed E-state index contributed by atoms with van der Waals surface area (Å²) in [5.74, 6) is -0.882. The van der Waals surface area contributed by atoms with Gasteiger partial charge in [-0.1, -0.05) is 12.1 Å². The summed E-state index contributed by atoms with van der Waals surface area (Å²) in [6.07, 6.45) is 0. The Hall–Kier alpha value is -3.29. The lowest BCUT2D eigenvalue weighted by atomic mass is 9.92. The Bertz CT molecular complexity index is 851. The van der Waals surface area contributed by atoms with Gasteiger partial charge in [-0.05, 0) is 42.3 Å². The Morgan fingerprint density at radius 3 is 2.28 bits per heavy atom. The third-order valence-electron chi connectivity index (χ3n) is 4.18. The second-order valence-corrected chi connectivity index (χ2v) is 5.88. The SMILES string of the molecule is C[C@]1(c2ccc([N+](=O)[O-])cc2)NC(=O)N(Cc2ccc(F)cc2)C1=O. The third kappa shape index (κ3) is 2.93. The standard InChI is InChI=1S/C17H14FN3O4/c1-17(12-4-8-14(9-5-12)21(24)25)15(22)20(16(23)19-17)10-11-2-6-13(18)7-3-11/h2-9H,10H2,1H3,(H,19,23)/t17-/m1/s1. The normalized spacial score (nSPS) is 19.8. The number of imide groups is 1. The molecule has 3 amide bonds. The Labute approximate surface area is 142 Å². The fourth-order valence-electron chi connectivity index (χ4n) is 2.73. The van der Waals surface area contributed by atoms with E-state index in [1.54, 1.807) is 6.92 Å². The Kier molecular flexibility index (Phi) is 3.96. The van der Waals surface area contributed by atoms with Crippen molar-refractivity contribution in [3.05, 3.63) is 75.6 Å². The second kappa shape index (κ2) is 5.97. The molecule has 0 aliphatic carbocycles. The summed E-state index contributed by atoms with van der Waals surface area (Å²) in [4.78, 5) is 36.2. The first kappa shape index (κ1) is 16.6. The highest BCUT2D eigenvalue weighted by molar-refractivity contribution is 6.07. The van der Waals surface area contributed by atoms with Crippen molar-refractivity contribution in [2.75, 3.05) is 0 Å². The van der Waals surface area contributed by atoms with E-state index >= 15 is 0 Å². The van der Waals surface area contributed by atoms with Gasteiger partial charge in [-0.2, -0.15) is 0 Å². The summed E-state index contributed by atoms with van der Waals surface area (Å²) in [5, 5.41) is 13.4. The van der Waals surface area contributed by atoms with Gasteiger partial charge < -0.3 is 5.32 Å². The van der Waals surface area contributed by atoms with E-state index in [0.29, 0.717) is 11.1 Å². The lowest BCUT2D eigenvalue weighted by Crippen LogP contribution is -2.40. The maximum Gasteiger partial charge on any atom is 0.325 e. The predicted molar refractivity (Wildman–Crippen MR) is 85.9 cm³/mol. The molecule has 0 unspecified atom stereocenters. The van der Waals surface area contributed by atoms with Crippen molar-refractivity contribution >= 4 is 17.6 Å². The maximum atomic E-state index is 13.0. The monoisotopic (exact) mass is 343 g/mol. The number of nitro groups is 1. The van der Waals surface area contributed by atoms with Crippen molar-refractivity contribution in [1.82, 2.24) is 10.2 Å². The molecule has 1 fully saturated rings. The van der Waals surface area contributed by atoms with Gasteiger partial charge in [0.1, 0.15) is 11.4 Å². The number of nitro benzene ring substituents is 1. The molecule has 2 aromatic carbocycles. The predicted octanol–water partition coefficient (Wildman–Crippen LogP) is 2.70. The van der Waals surface area contributed by atoms with Gasteiger partial charge >= 0.3 is 6.03 Å². The summed E-state index contributed by atoms with van der Waals surface area (Å²) < 4.78 is 13.0. The van der Waals surface area contributed by atoms with E-state index in [0.717, 1.165) is 4.90 Å². The number of urea groups is 1. The number of halogens is 1. The molecule has 1 aliphatic rings. The van der Waals surface area contributed by atoms with Crippen molar-refractivity contribution in [1.29, 1.82) is 0 Å². The number of non-ortho nitro benzene ring substituents is 1. The molecule has 25 heavy (non-hydrogen) atoms. The number of carbonyl (C=O) groups excluding carboxylic acids is 2. The van der Waals surface area contributed by atoms with E-state index in [1.807, 2.05) is 0 Å². The molecule has 1 saturated heterocycles. The topological polar surface area (TPSA) is 92.6 Å². The van der Waals surface area contributed by atoms with Crippen LogP contribution in [0.4, 0.5) is 14.9 Å². The molecule has 0 saturated carbocycles. The summed E-state index contributed by atoms with van der Waals surface area (Å²) in [6.45, 7) is 1.55. The summed E-state index contributed by atoms with van der Waals surface area (Å²) in [5.41, 5.74) is -0.366. The first-order valence-corrected chi connectivity index (χ1v) is 7.45. The van der Waals surface area contributed by atoms with E-state index in [-0.39, 0.29) is 12.2 Å². The van der Waals surface area contributed by atoms with Crippen LogP contribution in [0.5, 0.6) is 0 Å². The van der Waals surface area contributed by atoms with Crippen LogP contribution in [-0.2, 0) is 16.9 Å². The van der Waals surface area contributed by atoms with Crippen molar-refractivity contribution < 1.29 is 18.9 Å². The molecular formula is C17H14FN3O4. The average molecular weight is 343 g/mol. The molecule has 0 bridgehead atoms. The second-order valence-electron chi connectivity index (χ2n) is 5.88. The molecule has 8 heteroatoms. The number of carbonyl (C=O) groups is 2. The van der Waals surface area contributed by atoms with Gasteiger partial charge in [0.05, 0.1) is 11.5 Å². The van der Waals surface area contributed by atoms with Gasteiger partial charge in [-0.15, -0.1) is 0 Å². The zero-order valence-corrected chi connectivity index (χ0v) is 13.2. The minimum atomic E-state index is -1.31. The van der Waals surface area contributed by atoms with Gasteiger partial charge in [0.2, 0.25) is 0 Å². The molecule has 1 atom stereocenters. The van der Waals surface area contributed by atoms with Crippen LogP contribution in [-0.4, -0.2) is 21.8 Å². The molecule has 1 heterocycles. The molecule has 1 N–H and O–H groups in total. The van der Waals surface area contributed by atoms with Crippen LogP contribution in [0.1, 0.15) is 18.1 Å². The lowest BCUT2D eigenvalue weighted by molar-refractivity contribution is -0.384. The van der Waals surface area contributed by atoms with E-state index in [2.05, 4.69) is 5.32 Å². The van der Waals surface area contributed by atoms with Gasteiger partial charge in [0.25, 0.3) is 11.6 Å². The maximum absolute atomic E-state index is 13.0. The van der Waals surface area contributed by atoms with Crippen molar-refractivity contribution in [2.24, 2.45) is 0 Å². The number of nitrogens with zero attached hydrogens (tertiary/aromatic N) is 2. The van der Waals surface area contributed by atoms with Crippen LogP contribution >= 0.6 is 0 Å². The van der Waals surface area contributed by atoms with Crippen LogP contribution in [0.3, 0.4) is 0 Å². The summed E-state index contributed by atoms with van der Waals surface area (Å²) in [6, 6.07) is 10.4.